The van der Waals surface area contributed by atoms with Crippen molar-refractivity contribution < 1.29 is 23.4 Å². The number of benzene rings is 2. The normalized spacial score (nSPS) is 16.4. The number of β-amino-alcohol motifs (C(OH)–C–C–N with tert-alkyl or cyclic N) is 1. The average Bonchev–Trinajstić information content (AvgIpc) is 3.42. The van der Waals surface area contributed by atoms with Gasteiger partial charge in [-0.3, -0.25) is 19.1 Å². The fourth-order valence-electron chi connectivity index (χ4n) is 6.11. The molecule has 4 aromatic rings. The number of pyridine rings is 1. The van der Waals surface area contributed by atoms with E-state index in [1.165, 1.54) is 46.3 Å². The standard InChI is InChI=1S/C31H29ClF2N6O5/c1-14-20(35-28(42)27-30(43)38(2)31(44)39(3)37-27)9-8-18(33)23(14)25-19(34)7-6-17(26(25)32)21-11-15-5-10-22(40-12-16(41)13-40)24(15)29(36-21)45-4/h6-9,11,16,22,41H,5,10,12-13H2,1-4H3,(H,35,42)/t22-/m0/s1. The van der Waals surface area contributed by atoms with E-state index in [4.69, 9.17) is 21.3 Å². The zero-order chi connectivity index (χ0) is 32.3. The van der Waals surface area contributed by atoms with Crippen LogP contribution in [0, 0.1) is 18.6 Å². The molecule has 2 N–H and O–H groups in total. The van der Waals surface area contributed by atoms with Crippen LogP contribution in [-0.2, 0) is 20.5 Å². The molecule has 0 unspecified atom stereocenters. The number of carbonyl (C=O) groups is 1. The summed E-state index contributed by atoms with van der Waals surface area (Å²) >= 11 is 6.83. The van der Waals surface area contributed by atoms with Crippen LogP contribution in [-0.4, -0.2) is 61.5 Å². The number of likely N-dealkylation sites (tertiary alicyclic amines) is 1. The molecule has 1 atom stereocenters. The molecule has 1 aliphatic carbocycles. The fourth-order valence-corrected chi connectivity index (χ4v) is 6.45. The van der Waals surface area contributed by atoms with E-state index in [1.54, 1.807) is 0 Å². The second kappa shape index (κ2) is 11.5. The molecular formula is C31H29ClF2N6O5. The number of amides is 1. The zero-order valence-corrected chi connectivity index (χ0v) is 25.6. The Kier molecular flexibility index (Phi) is 7.79. The highest BCUT2D eigenvalue weighted by atomic mass is 35.5. The van der Waals surface area contributed by atoms with Crippen molar-refractivity contribution in [3.63, 3.8) is 0 Å². The molecule has 2 aliphatic rings. The molecule has 14 heteroatoms. The van der Waals surface area contributed by atoms with Gasteiger partial charge in [-0.05, 0) is 61.2 Å². The smallest absolute Gasteiger partial charge is 0.346 e. The van der Waals surface area contributed by atoms with Crippen LogP contribution >= 0.6 is 11.6 Å². The Morgan fingerprint density at radius 3 is 2.49 bits per heavy atom. The van der Waals surface area contributed by atoms with E-state index < -0.39 is 34.5 Å². The van der Waals surface area contributed by atoms with Gasteiger partial charge in [0.15, 0.2) is 0 Å². The summed E-state index contributed by atoms with van der Waals surface area (Å²) in [5, 5.41) is 16.0. The Balaban J connectivity index is 1.40. The molecule has 2 aromatic heterocycles. The van der Waals surface area contributed by atoms with Crippen molar-refractivity contribution in [2.75, 3.05) is 25.5 Å². The number of rotatable bonds is 6. The quantitative estimate of drug-likeness (QED) is 0.329. The van der Waals surface area contributed by atoms with Crippen molar-refractivity contribution in [1.29, 1.82) is 0 Å². The predicted molar refractivity (Wildman–Crippen MR) is 163 cm³/mol. The van der Waals surface area contributed by atoms with Gasteiger partial charge in [0.05, 0.1) is 23.9 Å². The van der Waals surface area contributed by atoms with E-state index in [2.05, 4.69) is 15.3 Å². The first-order valence-corrected chi connectivity index (χ1v) is 14.5. The van der Waals surface area contributed by atoms with Crippen molar-refractivity contribution in [2.45, 2.75) is 31.9 Å². The first kappa shape index (κ1) is 30.6. The van der Waals surface area contributed by atoms with Crippen LogP contribution in [0.4, 0.5) is 14.5 Å². The lowest BCUT2D eigenvalue weighted by atomic mass is 9.94. The van der Waals surface area contributed by atoms with Crippen molar-refractivity contribution >= 4 is 23.2 Å². The maximum Gasteiger partial charge on any atom is 0.346 e. The van der Waals surface area contributed by atoms with E-state index in [0.717, 1.165) is 39.3 Å². The minimum atomic E-state index is -0.937. The van der Waals surface area contributed by atoms with Crippen LogP contribution in [0.3, 0.4) is 0 Å². The largest absolute Gasteiger partial charge is 0.481 e. The van der Waals surface area contributed by atoms with Crippen molar-refractivity contribution in [2.24, 2.45) is 14.1 Å². The Morgan fingerprint density at radius 2 is 1.80 bits per heavy atom. The van der Waals surface area contributed by atoms with Crippen LogP contribution in [0.1, 0.15) is 39.6 Å². The summed E-state index contributed by atoms with van der Waals surface area (Å²) in [5.41, 5.74) is 0.319. The number of aromatic nitrogens is 4. The molecule has 11 nitrogen and oxygen atoms in total. The van der Waals surface area contributed by atoms with Gasteiger partial charge in [-0.25, -0.2) is 23.2 Å². The van der Waals surface area contributed by atoms with E-state index in [1.807, 2.05) is 6.07 Å². The monoisotopic (exact) mass is 638 g/mol. The van der Waals surface area contributed by atoms with Crippen LogP contribution < -0.4 is 21.3 Å². The highest BCUT2D eigenvalue weighted by Crippen LogP contribution is 2.46. The van der Waals surface area contributed by atoms with E-state index in [9.17, 15) is 19.5 Å². The molecule has 0 bridgehead atoms. The molecule has 3 heterocycles. The van der Waals surface area contributed by atoms with Crippen LogP contribution in [0.2, 0.25) is 5.02 Å². The van der Waals surface area contributed by atoms with Crippen LogP contribution in [0.25, 0.3) is 22.4 Å². The van der Waals surface area contributed by atoms with Crippen LogP contribution in [0.15, 0.2) is 39.9 Å². The molecular weight excluding hydrogens is 610 g/mol. The number of nitrogens with zero attached hydrogens (tertiary/aromatic N) is 5. The Hall–Kier alpha value is -4.46. The maximum absolute atomic E-state index is 15.5. The molecule has 1 amide bonds. The summed E-state index contributed by atoms with van der Waals surface area (Å²) in [4.78, 5) is 44.4. The summed E-state index contributed by atoms with van der Waals surface area (Å²) in [6, 6.07) is 6.89. The molecule has 234 valence electrons. The van der Waals surface area contributed by atoms with Crippen LogP contribution in [0.5, 0.6) is 5.88 Å². The minimum Gasteiger partial charge on any atom is -0.481 e. The summed E-state index contributed by atoms with van der Waals surface area (Å²) < 4.78 is 38.2. The van der Waals surface area contributed by atoms with Gasteiger partial charge < -0.3 is 15.2 Å². The topological polar surface area (TPSA) is 132 Å². The van der Waals surface area contributed by atoms with Gasteiger partial charge >= 0.3 is 5.69 Å². The molecule has 0 spiro atoms. The van der Waals surface area contributed by atoms with Gasteiger partial charge in [0.25, 0.3) is 11.5 Å². The molecule has 0 saturated carbocycles. The third-order valence-corrected chi connectivity index (χ3v) is 8.86. The number of hydrogen-bond acceptors (Lipinski definition) is 8. The maximum atomic E-state index is 15.5. The van der Waals surface area contributed by atoms with Gasteiger partial charge in [0.2, 0.25) is 11.6 Å². The SMILES string of the molecule is COc1nc(-c2ccc(F)c(-c3c(F)ccc(NC(=O)c4nn(C)c(=O)n(C)c4=O)c3C)c2Cl)cc2c1[C@@H](N1CC(O)C1)CC2. The summed E-state index contributed by atoms with van der Waals surface area (Å²) in [5.74, 6) is -2.13. The minimum absolute atomic E-state index is 0.0602. The lowest BCUT2D eigenvalue weighted by Crippen LogP contribution is -2.51. The fraction of sp³-hybridized carbons (Fsp3) is 0.323. The van der Waals surface area contributed by atoms with E-state index in [0.29, 0.717) is 30.2 Å². The van der Waals surface area contributed by atoms with Crippen molar-refractivity contribution in [1.82, 2.24) is 24.2 Å². The second-order valence-electron chi connectivity index (χ2n) is 11.2. The number of aliphatic hydroxyl groups excluding tert-OH is 1. The molecule has 0 radical (unpaired) electrons. The number of anilines is 1. The van der Waals surface area contributed by atoms with Gasteiger partial charge in [0.1, 0.15) is 11.6 Å². The highest BCUT2D eigenvalue weighted by molar-refractivity contribution is 6.36. The van der Waals surface area contributed by atoms with Gasteiger partial charge in [0, 0.05) is 61.2 Å². The Morgan fingerprint density at radius 1 is 1.11 bits per heavy atom. The summed E-state index contributed by atoms with van der Waals surface area (Å²) in [7, 11) is 4.02. The van der Waals surface area contributed by atoms with E-state index in [-0.39, 0.29) is 39.5 Å². The number of methoxy groups -OCH3 is 1. The van der Waals surface area contributed by atoms with Crippen molar-refractivity contribution in [3.8, 4) is 28.3 Å². The lowest BCUT2D eigenvalue weighted by molar-refractivity contribution is -0.0256. The van der Waals surface area contributed by atoms with Gasteiger partial charge in [-0.1, -0.05) is 11.6 Å². The molecule has 1 fully saturated rings. The van der Waals surface area contributed by atoms with E-state index >= 15 is 8.78 Å². The molecule has 2 aromatic carbocycles. The predicted octanol–water partition coefficient (Wildman–Crippen LogP) is 3.37. The molecule has 1 saturated heterocycles. The first-order valence-electron chi connectivity index (χ1n) is 14.1. The number of hydrogen-bond donors (Lipinski definition) is 2. The number of halogens is 3. The Labute approximate surface area is 260 Å². The first-order chi connectivity index (χ1) is 21.4. The molecule has 1 aliphatic heterocycles. The number of carbonyl (C=O) groups excluding carboxylic acids is 1. The average molecular weight is 639 g/mol. The van der Waals surface area contributed by atoms with Gasteiger partial charge in [-0.2, -0.15) is 5.10 Å². The number of nitrogens with one attached hydrogen (secondary N) is 1. The molecule has 6 rings (SSSR count). The number of ether oxygens (including phenoxy) is 1. The zero-order valence-electron chi connectivity index (χ0n) is 24.8. The lowest BCUT2D eigenvalue weighted by Gasteiger charge is -2.40. The number of aliphatic hydroxyl groups is 1. The Bertz CT molecular complexity index is 2010. The molecule has 45 heavy (non-hydrogen) atoms. The second-order valence-corrected chi connectivity index (χ2v) is 11.6. The summed E-state index contributed by atoms with van der Waals surface area (Å²) in [6.45, 7) is 2.63. The third kappa shape index (κ3) is 5.10. The number of fused-ring (bicyclic) bond motifs is 1. The third-order valence-electron chi connectivity index (χ3n) is 8.47. The summed E-state index contributed by atoms with van der Waals surface area (Å²) in [6.07, 6.45) is 1.22. The van der Waals surface area contributed by atoms with Crippen molar-refractivity contribution in [3.05, 3.63) is 90.2 Å². The highest BCUT2D eigenvalue weighted by Gasteiger charge is 2.38. The number of aryl methyl sites for hydroxylation is 2. The van der Waals surface area contributed by atoms with Gasteiger partial charge in [-0.15, -0.1) is 0 Å².